The summed E-state index contributed by atoms with van der Waals surface area (Å²) in [5.74, 6) is 2.10. The highest BCUT2D eigenvalue weighted by Gasteiger charge is 2.61. The van der Waals surface area contributed by atoms with Crippen molar-refractivity contribution in [2.24, 2.45) is 17.3 Å². The van der Waals surface area contributed by atoms with Crippen LogP contribution in [0.2, 0.25) is 0 Å². The minimum atomic E-state index is -0.345. The van der Waals surface area contributed by atoms with Crippen LogP contribution in [0.25, 0.3) is 0 Å². The Hall–Kier alpha value is 0.210. The Morgan fingerprint density at radius 3 is 2.46 bits per heavy atom. The van der Waals surface area contributed by atoms with E-state index in [1.807, 2.05) is 0 Å². The number of rotatable bonds is 3. The molecule has 0 amide bonds. The SMILES string of the molecule is CC1(C)C2CN(CC(O)CCl)CC21. The van der Waals surface area contributed by atoms with Crippen molar-refractivity contribution in [2.45, 2.75) is 20.0 Å². The second kappa shape index (κ2) is 3.11. The van der Waals surface area contributed by atoms with E-state index in [9.17, 15) is 5.11 Å². The molecule has 1 saturated heterocycles. The van der Waals surface area contributed by atoms with Crippen LogP contribution < -0.4 is 0 Å². The van der Waals surface area contributed by atoms with Gasteiger partial charge in [-0.1, -0.05) is 13.8 Å². The highest BCUT2D eigenvalue weighted by Crippen LogP contribution is 2.61. The summed E-state index contributed by atoms with van der Waals surface area (Å²) in [6, 6.07) is 0. The van der Waals surface area contributed by atoms with Gasteiger partial charge < -0.3 is 10.0 Å². The van der Waals surface area contributed by atoms with Crippen molar-refractivity contribution in [2.75, 3.05) is 25.5 Å². The number of aliphatic hydroxyl groups is 1. The van der Waals surface area contributed by atoms with E-state index in [0.29, 0.717) is 11.3 Å². The first-order valence-corrected chi connectivity index (χ1v) is 5.55. The van der Waals surface area contributed by atoms with E-state index in [2.05, 4.69) is 18.7 Å². The molecule has 0 spiro atoms. The molecule has 13 heavy (non-hydrogen) atoms. The number of aliphatic hydroxyl groups excluding tert-OH is 1. The average molecular weight is 204 g/mol. The van der Waals surface area contributed by atoms with Gasteiger partial charge in [0.1, 0.15) is 0 Å². The third-order valence-corrected chi connectivity index (χ3v) is 4.20. The number of fused-ring (bicyclic) bond motifs is 1. The van der Waals surface area contributed by atoms with E-state index in [0.717, 1.165) is 31.5 Å². The highest BCUT2D eigenvalue weighted by molar-refractivity contribution is 6.18. The molecule has 1 aliphatic heterocycles. The standard InChI is InChI=1S/C10H18ClNO/c1-10(2)8-5-12(6-9(8)10)4-7(13)3-11/h7-9,13H,3-6H2,1-2H3. The van der Waals surface area contributed by atoms with Crippen molar-refractivity contribution in [3.63, 3.8) is 0 Å². The van der Waals surface area contributed by atoms with E-state index in [-0.39, 0.29) is 6.10 Å². The molecule has 1 heterocycles. The lowest BCUT2D eigenvalue weighted by atomic mass is 10.1. The summed E-state index contributed by atoms with van der Waals surface area (Å²) >= 11 is 5.56. The van der Waals surface area contributed by atoms with Crippen molar-refractivity contribution in [3.8, 4) is 0 Å². The third-order valence-electron chi connectivity index (χ3n) is 3.84. The number of alkyl halides is 1. The van der Waals surface area contributed by atoms with Gasteiger partial charge in [-0.2, -0.15) is 0 Å². The van der Waals surface area contributed by atoms with Crippen LogP contribution >= 0.6 is 11.6 Å². The number of nitrogens with zero attached hydrogens (tertiary/aromatic N) is 1. The van der Waals surface area contributed by atoms with Crippen molar-refractivity contribution in [3.05, 3.63) is 0 Å². The number of piperidine rings is 1. The lowest BCUT2D eigenvalue weighted by molar-refractivity contribution is 0.128. The van der Waals surface area contributed by atoms with Crippen LogP contribution in [0.3, 0.4) is 0 Å². The first kappa shape index (κ1) is 9.75. The fourth-order valence-corrected chi connectivity index (χ4v) is 2.81. The molecule has 0 aromatic carbocycles. The molecule has 2 rings (SSSR count). The largest absolute Gasteiger partial charge is 0.391 e. The Balaban J connectivity index is 1.78. The van der Waals surface area contributed by atoms with Crippen molar-refractivity contribution in [1.29, 1.82) is 0 Å². The molecule has 0 aromatic heterocycles. The summed E-state index contributed by atoms with van der Waals surface area (Å²) in [7, 11) is 0. The van der Waals surface area contributed by atoms with Gasteiger partial charge in [-0.25, -0.2) is 0 Å². The topological polar surface area (TPSA) is 23.5 Å². The zero-order chi connectivity index (χ0) is 9.64. The zero-order valence-corrected chi connectivity index (χ0v) is 9.09. The maximum Gasteiger partial charge on any atom is 0.0802 e. The molecular formula is C10H18ClNO. The van der Waals surface area contributed by atoms with Gasteiger partial charge in [-0.15, -0.1) is 11.6 Å². The molecule has 3 unspecified atom stereocenters. The van der Waals surface area contributed by atoms with Gasteiger partial charge in [0.15, 0.2) is 0 Å². The number of likely N-dealkylation sites (tertiary alicyclic amines) is 1. The summed E-state index contributed by atoms with van der Waals surface area (Å²) in [6.45, 7) is 7.76. The van der Waals surface area contributed by atoms with Gasteiger partial charge in [0.25, 0.3) is 0 Å². The van der Waals surface area contributed by atoms with E-state index in [4.69, 9.17) is 11.6 Å². The molecule has 3 atom stereocenters. The molecule has 76 valence electrons. The van der Waals surface area contributed by atoms with Crippen LogP contribution in [0, 0.1) is 17.3 Å². The molecule has 0 aromatic rings. The lowest BCUT2D eigenvalue weighted by Crippen LogP contribution is -2.34. The molecule has 3 heteroatoms. The molecule has 0 radical (unpaired) electrons. The minimum Gasteiger partial charge on any atom is -0.391 e. The normalized spacial score (nSPS) is 38.8. The summed E-state index contributed by atoms with van der Waals surface area (Å²) in [6.07, 6.45) is -0.345. The van der Waals surface area contributed by atoms with Crippen molar-refractivity contribution < 1.29 is 5.11 Å². The summed E-state index contributed by atoms with van der Waals surface area (Å²) in [4.78, 5) is 2.34. The summed E-state index contributed by atoms with van der Waals surface area (Å²) in [5.41, 5.74) is 0.572. The Morgan fingerprint density at radius 1 is 1.46 bits per heavy atom. The van der Waals surface area contributed by atoms with Gasteiger partial charge in [0.05, 0.1) is 6.10 Å². The van der Waals surface area contributed by atoms with Gasteiger partial charge in [0, 0.05) is 25.5 Å². The molecule has 2 fully saturated rings. The molecule has 1 N–H and O–H groups in total. The molecule has 2 nitrogen and oxygen atoms in total. The zero-order valence-electron chi connectivity index (χ0n) is 8.33. The van der Waals surface area contributed by atoms with Crippen LogP contribution in [0.15, 0.2) is 0 Å². The van der Waals surface area contributed by atoms with Gasteiger partial charge in [-0.05, 0) is 17.3 Å². The van der Waals surface area contributed by atoms with Gasteiger partial charge in [-0.3, -0.25) is 0 Å². The summed E-state index contributed by atoms with van der Waals surface area (Å²) in [5, 5.41) is 9.38. The van der Waals surface area contributed by atoms with Crippen molar-refractivity contribution in [1.82, 2.24) is 4.90 Å². The number of β-amino-alcohol motifs (C(OH)–C–C–N with tert-alkyl or cyclic N) is 1. The predicted molar refractivity (Wildman–Crippen MR) is 53.9 cm³/mol. The number of halogens is 1. The van der Waals surface area contributed by atoms with Gasteiger partial charge in [0.2, 0.25) is 0 Å². The average Bonchev–Trinajstić information content (AvgIpc) is 2.54. The smallest absolute Gasteiger partial charge is 0.0802 e. The minimum absolute atomic E-state index is 0.345. The van der Waals surface area contributed by atoms with Crippen LogP contribution in [-0.4, -0.2) is 41.6 Å². The second-order valence-electron chi connectivity index (χ2n) is 5.06. The molecule has 2 aliphatic rings. The number of hydrogen-bond acceptors (Lipinski definition) is 2. The fraction of sp³-hybridized carbons (Fsp3) is 1.00. The van der Waals surface area contributed by atoms with Crippen LogP contribution in [0.5, 0.6) is 0 Å². The lowest BCUT2D eigenvalue weighted by Gasteiger charge is -2.23. The Morgan fingerprint density at radius 2 is 2.00 bits per heavy atom. The maximum absolute atomic E-state index is 9.38. The maximum atomic E-state index is 9.38. The molecule has 1 aliphatic carbocycles. The first-order chi connectivity index (χ1) is 6.05. The predicted octanol–water partition coefficient (Wildman–Crippen LogP) is 1.17. The van der Waals surface area contributed by atoms with E-state index < -0.39 is 0 Å². The first-order valence-electron chi connectivity index (χ1n) is 5.02. The molecule has 0 bridgehead atoms. The third kappa shape index (κ3) is 1.60. The highest BCUT2D eigenvalue weighted by atomic mass is 35.5. The van der Waals surface area contributed by atoms with E-state index in [1.165, 1.54) is 0 Å². The van der Waals surface area contributed by atoms with Gasteiger partial charge >= 0.3 is 0 Å². The monoisotopic (exact) mass is 203 g/mol. The van der Waals surface area contributed by atoms with Crippen LogP contribution in [0.1, 0.15) is 13.8 Å². The fourth-order valence-electron chi connectivity index (χ4n) is 2.71. The molecule has 1 saturated carbocycles. The summed E-state index contributed by atoms with van der Waals surface area (Å²) < 4.78 is 0. The van der Waals surface area contributed by atoms with Crippen LogP contribution in [0.4, 0.5) is 0 Å². The van der Waals surface area contributed by atoms with E-state index >= 15 is 0 Å². The van der Waals surface area contributed by atoms with Crippen molar-refractivity contribution >= 4 is 11.6 Å². The Bertz CT molecular complexity index is 193. The number of hydrogen-bond donors (Lipinski definition) is 1. The van der Waals surface area contributed by atoms with Crippen LogP contribution in [-0.2, 0) is 0 Å². The second-order valence-corrected chi connectivity index (χ2v) is 5.37. The Labute approximate surface area is 84.9 Å². The Kier molecular flexibility index (Phi) is 2.33. The molecular weight excluding hydrogens is 186 g/mol. The quantitative estimate of drug-likeness (QED) is 0.697. The van der Waals surface area contributed by atoms with E-state index in [1.54, 1.807) is 0 Å².